The van der Waals surface area contributed by atoms with E-state index in [0.29, 0.717) is 18.3 Å². The summed E-state index contributed by atoms with van der Waals surface area (Å²) in [6.45, 7) is 5.03. The molecule has 2 atom stereocenters. The van der Waals surface area contributed by atoms with Gasteiger partial charge < -0.3 is 9.47 Å². The van der Waals surface area contributed by atoms with Crippen LogP contribution in [0.5, 0.6) is 5.75 Å². The van der Waals surface area contributed by atoms with Crippen LogP contribution >= 0.6 is 0 Å². The SMILES string of the molecule is CCCOc1cccc(NC(=O)OC2CCCCC2N2CCCC2)c1. The summed E-state index contributed by atoms with van der Waals surface area (Å²) >= 11 is 0. The molecular formula is C20H30N2O3. The molecule has 3 rings (SSSR count). The standard InChI is InChI=1S/C20H30N2O3/c1-2-14-24-17-9-7-8-16(15-17)21-20(23)25-19-11-4-3-10-18(19)22-12-5-6-13-22/h7-9,15,18-19H,2-6,10-14H2,1H3,(H,21,23). The minimum absolute atomic E-state index is 0.00590. The topological polar surface area (TPSA) is 50.8 Å². The van der Waals surface area contributed by atoms with Gasteiger partial charge in [-0.3, -0.25) is 10.2 Å². The zero-order valence-electron chi connectivity index (χ0n) is 15.2. The van der Waals surface area contributed by atoms with Crippen molar-refractivity contribution in [2.24, 2.45) is 0 Å². The van der Waals surface area contributed by atoms with E-state index in [0.717, 1.165) is 44.5 Å². The van der Waals surface area contributed by atoms with Gasteiger partial charge in [-0.2, -0.15) is 0 Å². The van der Waals surface area contributed by atoms with Crippen molar-refractivity contribution in [2.75, 3.05) is 25.0 Å². The normalized spacial score (nSPS) is 24.0. The van der Waals surface area contributed by atoms with Crippen molar-refractivity contribution in [3.05, 3.63) is 24.3 Å². The molecule has 5 heteroatoms. The molecule has 0 radical (unpaired) electrons. The second-order valence-electron chi connectivity index (χ2n) is 7.04. The Balaban J connectivity index is 1.55. The van der Waals surface area contributed by atoms with Crippen molar-refractivity contribution in [1.29, 1.82) is 0 Å². The first kappa shape index (κ1) is 18.1. The Morgan fingerprint density at radius 2 is 2.00 bits per heavy atom. The van der Waals surface area contributed by atoms with Crippen LogP contribution in [0, 0.1) is 0 Å². The zero-order valence-corrected chi connectivity index (χ0v) is 15.2. The lowest BCUT2D eigenvalue weighted by molar-refractivity contribution is 0.0176. The molecule has 1 aliphatic carbocycles. The molecule has 1 saturated carbocycles. The lowest BCUT2D eigenvalue weighted by atomic mass is 9.91. The van der Waals surface area contributed by atoms with E-state index in [1.165, 1.54) is 19.3 Å². The Kier molecular flexibility index (Phi) is 6.56. The van der Waals surface area contributed by atoms with E-state index in [1.807, 2.05) is 24.3 Å². The highest BCUT2D eigenvalue weighted by molar-refractivity contribution is 5.85. The van der Waals surface area contributed by atoms with Crippen LogP contribution in [-0.4, -0.2) is 42.8 Å². The maximum atomic E-state index is 12.4. The molecule has 2 aliphatic rings. The van der Waals surface area contributed by atoms with E-state index in [2.05, 4.69) is 17.1 Å². The van der Waals surface area contributed by atoms with Crippen LogP contribution in [0.25, 0.3) is 0 Å². The lowest BCUT2D eigenvalue weighted by Gasteiger charge is -2.37. The van der Waals surface area contributed by atoms with Crippen LogP contribution in [0.15, 0.2) is 24.3 Å². The smallest absolute Gasteiger partial charge is 0.411 e. The largest absolute Gasteiger partial charge is 0.494 e. The number of benzene rings is 1. The molecule has 5 nitrogen and oxygen atoms in total. The number of ether oxygens (including phenoxy) is 2. The molecule has 25 heavy (non-hydrogen) atoms. The molecule has 1 heterocycles. The van der Waals surface area contributed by atoms with Gasteiger partial charge in [-0.1, -0.05) is 19.4 Å². The number of amides is 1. The summed E-state index contributed by atoms with van der Waals surface area (Å²) in [6.07, 6.45) is 7.61. The second kappa shape index (κ2) is 9.09. The molecule has 2 unspecified atom stereocenters. The van der Waals surface area contributed by atoms with E-state index in [-0.39, 0.29) is 12.2 Å². The average molecular weight is 346 g/mol. The van der Waals surface area contributed by atoms with E-state index in [9.17, 15) is 4.79 Å². The Bertz CT molecular complexity index is 558. The molecular weight excluding hydrogens is 316 g/mol. The van der Waals surface area contributed by atoms with Crippen LogP contribution < -0.4 is 10.1 Å². The highest BCUT2D eigenvalue weighted by Crippen LogP contribution is 2.28. The minimum atomic E-state index is -0.358. The first-order valence-corrected chi connectivity index (χ1v) is 9.71. The maximum Gasteiger partial charge on any atom is 0.411 e. The summed E-state index contributed by atoms with van der Waals surface area (Å²) in [5, 5.41) is 2.86. The Morgan fingerprint density at radius 3 is 2.80 bits per heavy atom. The molecule has 138 valence electrons. The van der Waals surface area contributed by atoms with Crippen molar-refractivity contribution >= 4 is 11.8 Å². The number of hydrogen-bond donors (Lipinski definition) is 1. The summed E-state index contributed by atoms with van der Waals surface area (Å²) in [7, 11) is 0. The summed E-state index contributed by atoms with van der Waals surface area (Å²) in [6, 6.07) is 7.88. The number of hydrogen-bond acceptors (Lipinski definition) is 4. The van der Waals surface area contributed by atoms with E-state index in [1.54, 1.807) is 0 Å². The fraction of sp³-hybridized carbons (Fsp3) is 0.650. The summed E-state index contributed by atoms with van der Waals surface area (Å²) in [5.41, 5.74) is 0.715. The van der Waals surface area contributed by atoms with Gasteiger partial charge in [0.25, 0.3) is 0 Å². The number of nitrogens with zero attached hydrogens (tertiary/aromatic N) is 1. The molecule has 1 aromatic rings. The van der Waals surface area contributed by atoms with Gasteiger partial charge in [0.15, 0.2) is 0 Å². The molecule has 1 aliphatic heterocycles. The first-order valence-electron chi connectivity index (χ1n) is 9.71. The number of carbonyl (C=O) groups excluding carboxylic acids is 1. The fourth-order valence-electron chi connectivity index (χ4n) is 3.87. The second-order valence-corrected chi connectivity index (χ2v) is 7.04. The van der Waals surface area contributed by atoms with E-state index >= 15 is 0 Å². The molecule has 1 N–H and O–H groups in total. The predicted molar refractivity (Wildman–Crippen MR) is 99.2 cm³/mol. The minimum Gasteiger partial charge on any atom is -0.494 e. The number of likely N-dealkylation sites (tertiary alicyclic amines) is 1. The van der Waals surface area contributed by atoms with Gasteiger partial charge in [-0.05, 0) is 63.7 Å². The molecule has 0 aromatic heterocycles. The van der Waals surface area contributed by atoms with Gasteiger partial charge in [0.05, 0.1) is 6.61 Å². The first-order chi connectivity index (χ1) is 12.3. The average Bonchev–Trinajstić information content (AvgIpc) is 3.15. The van der Waals surface area contributed by atoms with Crippen molar-refractivity contribution in [3.63, 3.8) is 0 Å². The number of nitrogens with one attached hydrogen (secondary N) is 1. The fourth-order valence-corrected chi connectivity index (χ4v) is 3.87. The van der Waals surface area contributed by atoms with Gasteiger partial charge in [0.2, 0.25) is 0 Å². The van der Waals surface area contributed by atoms with Crippen LogP contribution in [0.3, 0.4) is 0 Å². The lowest BCUT2D eigenvalue weighted by Crippen LogP contribution is -2.46. The molecule has 0 bridgehead atoms. The Labute approximate surface area is 150 Å². The maximum absolute atomic E-state index is 12.4. The van der Waals surface area contributed by atoms with Gasteiger partial charge in [0, 0.05) is 17.8 Å². The Hall–Kier alpha value is -1.75. The summed E-state index contributed by atoms with van der Waals surface area (Å²) < 4.78 is 11.4. The molecule has 0 spiro atoms. The Morgan fingerprint density at radius 1 is 1.20 bits per heavy atom. The monoisotopic (exact) mass is 346 g/mol. The van der Waals surface area contributed by atoms with Crippen molar-refractivity contribution < 1.29 is 14.3 Å². The van der Waals surface area contributed by atoms with Crippen molar-refractivity contribution in [1.82, 2.24) is 4.90 Å². The summed E-state index contributed by atoms with van der Waals surface area (Å²) in [5.74, 6) is 0.771. The van der Waals surface area contributed by atoms with Gasteiger partial charge in [-0.15, -0.1) is 0 Å². The third kappa shape index (κ3) is 5.11. The predicted octanol–water partition coefficient (Wildman–Crippen LogP) is 4.43. The zero-order chi connectivity index (χ0) is 17.5. The highest BCUT2D eigenvalue weighted by Gasteiger charge is 2.34. The van der Waals surface area contributed by atoms with E-state index in [4.69, 9.17) is 9.47 Å². The van der Waals surface area contributed by atoms with Crippen LogP contribution in [-0.2, 0) is 4.74 Å². The quantitative estimate of drug-likeness (QED) is 0.828. The third-order valence-electron chi connectivity index (χ3n) is 5.09. The van der Waals surface area contributed by atoms with Gasteiger partial charge >= 0.3 is 6.09 Å². The molecule has 2 fully saturated rings. The molecule has 1 amide bonds. The van der Waals surface area contributed by atoms with Crippen molar-refractivity contribution in [3.8, 4) is 5.75 Å². The van der Waals surface area contributed by atoms with Crippen LogP contribution in [0.1, 0.15) is 51.9 Å². The molecule has 1 aromatic carbocycles. The molecule has 1 saturated heterocycles. The number of carbonyl (C=O) groups is 1. The van der Waals surface area contributed by atoms with Crippen molar-refractivity contribution in [2.45, 2.75) is 64.0 Å². The summed E-state index contributed by atoms with van der Waals surface area (Å²) in [4.78, 5) is 14.9. The van der Waals surface area contributed by atoms with E-state index < -0.39 is 0 Å². The van der Waals surface area contributed by atoms with Gasteiger partial charge in [0.1, 0.15) is 11.9 Å². The van der Waals surface area contributed by atoms with Gasteiger partial charge in [-0.25, -0.2) is 4.79 Å². The highest BCUT2D eigenvalue weighted by atomic mass is 16.6. The number of rotatable bonds is 6. The number of anilines is 1. The third-order valence-corrected chi connectivity index (χ3v) is 5.09. The van der Waals surface area contributed by atoms with Crippen LogP contribution in [0.4, 0.5) is 10.5 Å². The van der Waals surface area contributed by atoms with Crippen LogP contribution in [0.2, 0.25) is 0 Å².